The summed E-state index contributed by atoms with van der Waals surface area (Å²) in [4.78, 5) is 20.9. The van der Waals surface area contributed by atoms with Crippen molar-refractivity contribution < 1.29 is 19.0 Å². The number of carboxylic acids is 1. The van der Waals surface area contributed by atoms with Crippen LogP contribution >= 0.6 is 11.6 Å². The van der Waals surface area contributed by atoms with Gasteiger partial charge in [0.15, 0.2) is 11.5 Å². The number of carbonyl (C=O) groups is 1. The molecule has 0 aliphatic carbocycles. The quantitative estimate of drug-likeness (QED) is 0.906. The second-order valence-electron chi connectivity index (χ2n) is 5.74. The van der Waals surface area contributed by atoms with Gasteiger partial charge in [-0.05, 0) is 32.0 Å². The molecule has 0 unspecified atom stereocenters. The van der Waals surface area contributed by atoms with E-state index in [1.807, 2.05) is 13.8 Å². The maximum Gasteiger partial charge on any atom is 0.356 e. The van der Waals surface area contributed by atoms with Crippen LogP contribution in [0.15, 0.2) is 24.4 Å². The van der Waals surface area contributed by atoms with E-state index in [0.29, 0.717) is 18.1 Å². The standard InChI is InChI=1S/C15H13ClFN3O3/c1-15(2)7-20(8-3-4-9(16)10(17)5-8)12-13(23-15)19-11(6-18-12)14(21)22/h3-6H,7H2,1-2H3,(H,21,22). The van der Waals surface area contributed by atoms with Gasteiger partial charge in [-0.1, -0.05) is 11.6 Å². The van der Waals surface area contributed by atoms with Gasteiger partial charge in [-0.25, -0.2) is 19.2 Å². The average molecular weight is 338 g/mol. The van der Waals surface area contributed by atoms with E-state index < -0.39 is 17.4 Å². The van der Waals surface area contributed by atoms with Crippen LogP contribution in [-0.4, -0.2) is 33.2 Å². The molecule has 1 aromatic carbocycles. The van der Waals surface area contributed by atoms with E-state index in [0.717, 1.165) is 6.20 Å². The van der Waals surface area contributed by atoms with Crippen LogP contribution < -0.4 is 9.64 Å². The van der Waals surface area contributed by atoms with Crippen molar-refractivity contribution in [2.75, 3.05) is 11.4 Å². The van der Waals surface area contributed by atoms with E-state index in [-0.39, 0.29) is 16.6 Å². The second-order valence-corrected chi connectivity index (χ2v) is 6.14. The highest BCUT2D eigenvalue weighted by Gasteiger charge is 2.35. The first-order chi connectivity index (χ1) is 10.8. The van der Waals surface area contributed by atoms with Crippen molar-refractivity contribution in [2.45, 2.75) is 19.4 Å². The molecule has 0 amide bonds. The Morgan fingerprint density at radius 3 is 2.87 bits per heavy atom. The van der Waals surface area contributed by atoms with Crippen LogP contribution in [0.3, 0.4) is 0 Å². The molecule has 8 heteroatoms. The molecule has 1 aromatic heterocycles. The first-order valence-corrected chi connectivity index (χ1v) is 7.16. The number of rotatable bonds is 2. The van der Waals surface area contributed by atoms with Gasteiger partial charge >= 0.3 is 5.97 Å². The fraction of sp³-hybridized carbons (Fsp3) is 0.267. The van der Waals surface area contributed by atoms with Crippen molar-refractivity contribution in [3.05, 3.63) is 40.9 Å². The summed E-state index contributed by atoms with van der Waals surface area (Å²) < 4.78 is 19.5. The third kappa shape index (κ3) is 2.92. The summed E-state index contributed by atoms with van der Waals surface area (Å²) in [7, 11) is 0. The number of aromatic nitrogens is 2. The summed E-state index contributed by atoms with van der Waals surface area (Å²) in [5.41, 5.74) is -0.347. The van der Waals surface area contributed by atoms with Gasteiger partial charge < -0.3 is 14.7 Å². The summed E-state index contributed by atoms with van der Waals surface area (Å²) in [6, 6.07) is 4.40. The lowest BCUT2D eigenvalue weighted by molar-refractivity contribution is 0.0679. The SMILES string of the molecule is CC1(C)CN(c2ccc(Cl)c(F)c2)c2ncc(C(=O)O)nc2O1. The van der Waals surface area contributed by atoms with Crippen LogP contribution in [-0.2, 0) is 0 Å². The minimum absolute atomic E-state index is 0.0220. The normalized spacial score (nSPS) is 15.7. The number of carboxylic acid groups (broad SMARTS) is 1. The van der Waals surface area contributed by atoms with Crippen LogP contribution in [0.4, 0.5) is 15.9 Å². The van der Waals surface area contributed by atoms with Gasteiger partial charge in [-0.3, -0.25) is 0 Å². The number of hydrogen-bond donors (Lipinski definition) is 1. The fourth-order valence-electron chi connectivity index (χ4n) is 2.34. The first kappa shape index (κ1) is 15.5. The Hall–Kier alpha value is -2.41. The van der Waals surface area contributed by atoms with Crippen molar-refractivity contribution >= 4 is 29.1 Å². The van der Waals surface area contributed by atoms with Crippen LogP contribution in [0.5, 0.6) is 5.88 Å². The molecule has 0 saturated heterocycles. The molecule has 1 aliphatic heterocycles. The van der Waals surface area contributed by atoms with E-state index in [1.165, 1.54) is 12.1 Å². The second kappa shape index (κ2) is 5.34. The first-order valence-electron chi connectivity index (χ1n) is 6.79. The monoisotopic (exact) mass is 337 g/mol. The Balaban J connectivity index is 2.12. The lowest BCUT2D eigenvalue weighted by Gasteiger charge is -2.39. The van der Waals surface area contributed by atoms with Crippen molar-refractivity contribution in [3.8, 4) is 5.88 Å². The molecule has 2 heterocycles. The molecule has 1 N–H and O–H groups in total. The Morgan fingerprint density at radius 1 is 1.48 bits per heavy atom. The van der Waals surface area contributed by atoms with Crippen LogP contribution in [0.1, 0.15) is 24.3 Å². The number of fused-ring (bicyclic) bond motifs is 1. The topological polar surface area (TPSA) is 75.6 Å². The van der Waals surface area contributed by atoms with Gasteiger partial charge in [0.1, 0.15) is 11.4 Å². The van der Waals surface area contributed by atoms with E-state index >= 15 is 0 Å². The Labute approximate surface area is 136 Å². The zero-order valence-electron chi connectivity index (χ0n) is 12.4. The molecule has 1 aliphatic rings. The predicted octanol–water partition coefficient (Wildman–Crippen LogP) is 3.28. The molecule has 3 rings (SSSR count). The van der Waals surface area contributed by atoms with Crippen molar-refractivity contribution in [1.82, 2.24) is 9.97 Å². The van der Waals surface area contributed by atoms with E-state index in [1.54, 1.807) is 11.0 Å². The lowest BCUT2D eigenvalue weighted by atomic mass is 10.1. The highest BCUT2D eigenvalue weighted by Crippen LogP contribution is 2.39. The molecular formula is C15H13ClFN3O3. The summed E-state index contributed by atoms with van der Waals surface area (Å²) >= 11 is 5.72. The zero-order chi connectivity index (χ0) is 16.8. The molecule has 120 valence electrons. The largest absolute Gasteiger partial charge is 0.476 e. The fourth-order valence-corrected chi connectivity index (χ4v) is 2.46. The summed E-state index contributed by atoms with van der Waals surface area (Å²) in [5.74, 6) is -1.32. The van der Waals surface area contributed by atoms with Gasteiger partial charge in [-0.2, -0.15) is 0 Å². The number of anilines is 2. The van der Waals surface area contributed by atoms with E-state index in [4.69, 9.17) is 21.4 Å². The molecule has 0 bridgehead atoms. The van der Waals surface area contributed by atoms with Gasteiger partial charge in [0, 0.05) is 5.69 Å². The smallest absolute Gasteiger partial charge is 0.356 e. The molecular weight excluding hydrogens is 325 g/mol. The van der Waals surface area contributed by atoms with Gasteiger partial charge in [0.2, 0.25) is 0 Å². The third-order valence-corrected chi connectivity index (χ3v) is 3.63. The van der Waals surface area contributed by atoms with Crippen LogP contribution in [0, 0.1) is 5.82 Å². The number of benzene rings is 1. The summed E-state index contributed by atoms with van der Waals surface area (Å²) in [5, 5.41) is 9.05. The Kier molecular flexibility index (Phi) is 3.60. The maximum absolute atomic E-state index is 13.8. The van der Waals surface area contributed by atoms with Gasteiger partial charge in [0.05, 0.1) is 17.8 Å². The lowest BCUT2D eigenvalue weighted by Crippen LogP contribution is -2.45. The number of halogens is 2. The molecule has 6 nitrogen and oxygen atoms in total. The maximum atomic E-state index is 13.8. The Bertz CT molecular complexity index is 798. The molecule has 0 spiro atoms. The van der Waals surface area contributed by atoms with Gasteiger partial charge in [0.25, 0.3) is 5.88 Å². The average Bonchev–Trinajstić information content (AvgIpc) is 2.47. The summed E-state index contributed by atoms with van der Waals surface area (Å²) in [6.07, 6.45) is 1.14. The number of nitrogens with zero attached hydrogens (tertiary/aromatic N) is 3. The molecule has 0 radical (unpaired) electrons. The minimum Gasteiger partial charge on any atom is -0.476 e. The highest BCUT2D eigenvalue weighted by atomic mass is 35.5. The molecule has 0 atom stereocenters. The van der Waals surface area contributed by atoms with Crippen LogP contribution in [0.25, 0.3) is 0 Å². The van der Waals surface area contributed by atoms with Crippen molar-refractivity contribution in [3.63, 3.8) is 0 Å². The Morgan fingerprint density at radius 2 is 2.22 bits per heavy atom. The molecule has 0 fully saturated rings. The highest BCUT2D eigenvalue weighted by molar-refractivity contribution is 6.30. The van der Waals surface area contributed by atoms with Gasteiger partial charge in [-0.15, -0.1) is 0 Å². The molecule has 2 aromatic rings. The minimum atomic E-state index is -1.20. The number of ether oxygens (including phenoxy) is 1. The molecule has 23 heavy (non-hydrogen) atoms. The predicted molar refractivity (Wildman–Crippen MR) is 82.1 cm³/mol. The van der Waals surface area contributed by atoms with Crippen molar-refractivity contribution in [1.29, 1.82) is 0 Å². The number of hydrogen-bond acceptors (Lipinski definition) is 5. The number of aromatic carboxylic acids is 1. The third-order valence-electron chi connectivity index (χ3n) is 3.32. The van der Waals surface area contributed by atoms with E-state index in [2.05, 4.69) is 9.97 Å². The van der Waals surface area contributed by atoms with Crippen LogP contribution in [0.2, 0.25) is 5.02 Å². The molecule has 0 saturated carbocycles. The zero-order valence-corrected chi connectivity index (χ0v) is 13.1. The summed E-state index contributed by atoms with van der Waals surface area (Å²) in [6.45, 7) is 4.04. The van der Waals surface area contributed by atoms with Crippen molar-refractivity contribution in [2.24, 2.45) is 0 Å². The van der Waals surface area contributed by atoms with E-state index in [9.17, 15) is 9.18 Å².